The molecule has 1 N–H and O–H groups in total. The number of nitrogens with zero attached hydrogens (tertiary/aromatic N) is 3. The van der Waals surface area contributed by atoms with Crippen LogP contribution < -0.4 is 4.90 Å². The first kappa shape index (κ1) is 14.3. The standard InChI is InChI=1S/C16H17N3O3/c1-3-19(8-10(2)16(20)21)15-14-13(17-9-18-15)11-6-4-5-7-12(11)22-14/h4-7,9-10H,3,8H2,1-2H3,(H,20,21). The van der Waals surface area contributed by atoms with Gasteiger partial charge < -0.3 is 14.4 Å². The van der Waals surface area contributed by atoms with E-state index in [9.17, 15) is 4.79 Å². The monoisotopic (exact) mass is 299 g/mol. The molecule has 6 heteroatoms. The van der Waals surface area contributed by atoms with Crippen molar-refractivity contribution in [2.24, 2.45) is 5.92 Å². The summed E-state index contributed by atoms with van der Waals surface area (Å²) in [7, 11) is 0. The van der Waals surface area contributed by atoms with Gasteiger partial charge in [-0.25, -0.2) is 9.97 Å². The van der Waals surface area contributed by atoms with E-state index in [0.717, 1.165) is 16.5 Å². The number of fused-ring (bicyclic) bond motifs is 3. The molecule has 6 nitrogen and oxygen atoms in total. The summed E-state index contributed by atoms with van der Waals surface area (Å²) in [6.07, 6.45) is 1.49. The fourth-order valence-electron chi connectivity index (χ4n) is 2.51. The number of aliphatic carboxylic acids is 1. The van der Waals surface area contributed by atoms with Crippen LogP contribution in [-0.2, 0) is 4.79 Å². The smallest absolute Gasteiger partial charge is 0.308 e. The highest BCUT2D eigenvalue weighted by atomic mass is 16.4. The molecular formula is C16H17N3O3. The Morgan fingerprint density at radius 2 is 2.14 bits per heavy atom. The van der Waals surface area contributed by atoms with Crippen LogP contribution in [0.2, 0.25) is 0 Å². The summed E-state index contributed by atoms with van der Waals surface area (Å²) in [6, 6.07) is 7.68. The van der Waals surface area contributed by atoms with Crippen molar-refractivity contribution >= 4 is 33.9 Å². The van der Waals surface area contributed by atoms with Gasteiger partial charge in [-0.15, -0.1) is 0 Å². The van der Waals surface area contributed by atoms with Crippen LogP contribution >= 0.6 is 0 Å². The van der Waals surface area contributed by atoms with Gasteiger partial charge in [0.25, 0.3) is 0 Å². The number of anilines is 1. The first-order valence-corrected chi connectivity index (χ1v) is 7.21. The number of benzene rings is 1. The van der Waals surface area contributed by atoms with E-state index in [1.54, 1.807) is 6.92 Å². The van der Waals surface area contributed by atoms with E-state index >= 15 is 0 Å². The number of carboxylic acid groups (broad SMARTS) is 1. The van der Waals surface area contributed by atoms with E-state index in [1.165, 1.54) is 6.33 Å². The fraction of sp³-hybridized carbons (Fsp3) is 0.312. The SMILES string of the molecule is CCN(CC(C)C(=O)O)c1ncnc2c1oc1ccccc12. The summed E-state index contributed by atoms with van der Waals surface area (Å²) >= 11 is 0. The largest absolute Gasteiger partial charge is 0.481 e. The maximum absolute atomic E-state index is 11.1. The van der Waals surface area contributed by atoms with E-state index in [2.05, 4.69) is 9.97 Å². The Labute approximate surface area is 127 Å². The molecule has 0 amide bonds. The third-order valence-electron chi connectivity index (χ3n) is 3.74. The highest BCUT2D eigenvalue weighted by Crippen LogP contribution is 2.32. The van der Waals surface area contributed by atoms with Gasteiger partial charge in [-0.3, -0.25) is 4.79 Å². The maximum Gasteiger partial charge on any atom is 0.308 e. The summed E-state index contributed by atoms with van der Waals surface area (Å²) in [6.45, 7) is 4.66. The number of hydrogen-bond acceptors (Lipinski definition) is 5. The number of hydrogen-bond donors (Lipinski definition) is 1. The van der Waals surface area contributed by atoms with Crippen molar-refractivity contribution in [3.05, 3.63) is 30.6 Å². The van der Waals surface area contributed by atoms with Gasteiger partial charge in [0.1, 0.15) is 17.4 Å². The van der Waals surface area contributed by atoms with Crippen LogP contribution in [0.15, 0.2) is 35.0 Å². The van der Waals surface area contributed by atoms with Crippen LogP contribution in [0.3, 0.4) is 0 Å². The van der Waals surface area contributed by atoms with Crippen molar-refractivity contribution in [2.75, 3.05) is 18.0 Å². The molecule has 114 valence electrons. The van der Waals surface area contributed by atoms with Crippen LogP contribution in [0.25, 0.3) is 22.1 Å². The Morgan fingerprint density at radius 3 is 2.86 bits per heavy atom. The van der Waals surface area contributed by atoms with Gasteiger partial charge in [0, 0.05) is 18.5 Å². The molecule has 0 saturated carbocycles. The average Bonchev–Trinajstić information content (AvgIpc) is 2.91. The molecule has 0 spiro atoms. The van der Waals surface area contributed by atoms with Gasteiger partial charge in [0.2, 0.25) is 0 Å². The molecule has 0 aliphatic carbocycles. The molecule has 1 unspecified atom stereocenters. The first-order valence-electron chi connectivity index (χ1n) is 7.21. The number of furan rings is 1. The molecule has 0 bridgehead atoms. The van der Waals surface area contributed by atoms with Crippen molar-refractivity contribution in [2.45, 2.75) is 13.8 Å². The molecule has 0 fully saturated rings. The Bertz CT molecular complexity index is 828. The fourth-order valence-corrected chi connectivity index (χ4v) is 2.51. The summed E-state index contributed by atoms with van der Waals surface area (Å²) in [4.78, 5) is 21.6. The van der Waals surface area contributed by atoms with E-state index in [0.29, 0.717) is 24.5 Å². The molecule has 0 aliphatic heterocycles. The highest BCUT2D eigenvalue weighted by molar-refractivity contribution is 6.05. The quantitative estimate of drug-likeness (QED) is 0.780. The zero-order chi connectivity index (χ0) is 15.7. The summed E-state index contributed by atoms with van der Waals surface area (Å²) in [5.74, 6) is -0.681. The Kier molecular flexibility index (Phi) is 3.66. The molecule has 1 aromatic carbocycles. The van der Waals surface area contributed by atoms with Crippen LogP contribution in [-0.4, -0.2) is 34.1 Å². The normalized spacial score (nSPS) is 12.6. The lowest BCUT2D eigenvalue weighted by Gasteiger charge is -2.23. The predicted octanol–water partition coefficient (Wildman–Crippen LogP) is 2.92. The van der Waals surface area contributed by atoms with Crippen LogP contribution in [0.4, 0.5) is 5.82 Å². The van der Waals surface area contributed by atoms with E-state index < -0.39 is 11.9 Å². The number of aromatic nitrogens is 2. The molecule has 3 rings (SSSR count). The number of para-hydroxylation sites is 1. The maximum atomic E-state index is 11.1. The Morgan fingerprint density at radius 1 is 1.36 bits per heavy atom. The van der Waals surface area contributed by atoms with Crippen molar-refractivity contribution in [1.29, 1.82) is 0 Å². The lowest BCUT2D eigenvalue weighted by Crippen LogP contribution is -2.32. The number of rotatable bonds is 5. The molecule has 0 radical (unpaired) electrons. The van der Waals surface area contributed by atoms with Gasteiger partial charge >= 0.3 is 5.97 Å². The molecule has 22 heavy (non-hydrogen) atoms. The molecule has 2 aromatic heterocycles. The van der Waals surface area contributed by atoms with E-state index in [4.69, 9.17) is 9.52 Å². The van der Waals surface area contributed by atoms with Crippen LogP contribution in [0.5, 0.6) is 0 Å². The zero-order valence-electron chi connectivity index (χ0n) is 12.5. The number of carbonyl (C=O) groups is 1. The third kappa shape index (κ3) is 2.36. The van der Waals surface area contributed by atoms with Gasteiger partial charge in [0.05, 0.1) is 5.92 Å². The first-order chi connectivity index (χ1) is 10.6. The highest BCUT2D eigenvalue weighted by Gasteiger charge is 2.21. The van der Waals surface area contributed by atoms with Crippen LogP contribution in [0.1, 0.15) is 13.8 Å². The minimum atomic E-state index is -0.826. The Hall–Kier alpha value is -2.63. The number of carboxylic acids is 1. The molecule has 1 atom stereocenters. The molecule has 0 saturated heterocycles. The summed E-state index contributed by atoms with van der Waals surface area (Å²) in [5, 5.41) is 10.1. The molecule has 3 aromatic rings. The van der Waals surface area contributed by atoms with Crippen molar-refractivity contribution in [3.8, 4) is 0 Å². The lowest BCUT2D eigenvalue weighted by atomic mass is 10.1. The van der Waals surface area contributed by atoms with Gasteiger partial charge in [0.15, 0.2) is 11.4 Å². The topological polar surface area (TPSA) is 79.5 Å². The van der Waals surface area contributed by atoms with E-state index in [1.807, 2.05) is 36.1 Å². The summed E-state index contributed by atoms with van der Waals surface area (Å²) < 4.78 is 5.89. The van der Waals surface area contributed by atoms with Crippen molar-refractivity contribution in [1.82, 2.24) is 9.97 Å². The van der Waals surface area contributed by atoms with Gasteiger partial charge in [-0.1, -0.05) is 19.1 Å². The average molecular weight is 299 g/mol. The minimum absolute atomic E-state index is 0.370. The van der Waals surface area contributed by atoms with Gasteiger partial charge in [-0.2, -0.15) is 0 Å². The molecule has 0 aliphatic rings. The van der Waals surface area contributed by atoms with E-state index in [-0.39, 0.29) is 0 Å². The second-order valence-electron chi connectivity index (χ2n) is 5.25. The second kappa shape index (κ2) is 5.63. The van der Waals surface area contributed by atoms with Crippen molar-refractivity contribution < 1.29 is 14.3 Å². The summed E-state index contributed by atoms with van der Waals surface area (Å²) in [5.41, 5.74) is 2.10. The van der Waals surface area contributed by atoms with Crippen LogP contribution in [0, 0.1) is 5.92 Å². The Balaban J connectivity index is 2.11. The predicted molar refractivity (Wildman–Crippen MR) is 84.0 cm³/mol. The minimum Gasteiger partial charge on any atom is -0.481 e. The molecular weight excluding hydrogens is 282 g/mol. The van der Waals surface area contributed by atoms with Gasteiger partial charge in [-0.05, 0) is 19.1 Å². The second-order valence-corrected chi connectivity index (χ2v) is 5.25. The van der Waals surface area contributed by atoms with Crippen molar-refractivity contribution in [3.63, 3.8) is 0 Å². The molecule has 2 heterocycles. The lowest BCUT2D eigenvalue weighted by molar-refractivity contribution is -0.140. The zero-order valence-corrected chi connectivity index (χ0v) is 12.5. The third-order valence-corrected chi connectivity index (χ3v) is 3.74.